The molecular weight excluding hydrogens is 519 g/mol. The fourth-order valence-electron chi connectivity index (χ4n) is 4.18. The van der Waals surface area contributed by atoms with Crippen molar-refractivity contribution in [3.05, 3.63) is 101 Å². The first-order valence-corrected chi connectivity index (χ1v) is 13.7. The normalized spacial score (nSPS) is 11.3. The number of hydrogen-bond acceptors (Lipinski definition) is 5. The zero-order chi connectivity index (χ0) is 27.1. The molecule has 0 saturated carbocycles. The standard InChI is InChI=1S/C31H36ClFN2O4/c32-27-9-7-25(8-10-27)24-35-13-11-30-26(21-28(33)22-31(30)35)23-34-12-16-37-18-20-38-19-17-36-14-4-15-39-29-5-2-1-3-6-29/h1-3,5-11,13,21-22,34H,4,12,14-20,23-24H2. The number of para-hydroxylation sites is 1. The van der Waals surface area contributed by atoms with Crippen LogP contribution in [0.1, 0.15) is 17.5 Å². The highest BCUT2D eigenvalue weighted by molar-refractivity contribution is 6.30. The highest BCUT2D eigenvalue weighted by Gasteiger charge is 2.09. The molecule has 1 heterocycles. The quantitative estimate of drug-likeness (QED) is 0.151. The second kappa shape index (κ2) is 16.2. The van der Waals surface area contributed by atoms with Crippen LogP contribution < -0.4 is 10.1 Å². The molecule has 1 aromatic heterocycles. The summed E-state index contributed by atoms with van der Waals surface area (Å²) in [6.45, 7) is 5.84. The molecule has 3 aromatic carbocycles. The number of ether oxygens (including phenoxy) is 4. The zero-order valence-electron chi connectivity index (χ0n) is 22.1. The van der Waals surface area contributed by atoms with Gasteiger partial charge in [-0.2, -0.15) is 0 Å². The Morgan fingerprint density at radius 1 is 0.769 bits per heavy atom. The summed E-state index contributed by atoms with van der Waals surface area (Å²) in [5, 5.41) is 5.09. The Morgan fingerprint density at radius 2 is 1.49 bits per heavy atom. The number of fused-ring (bicyclic) bond motifs is 1. The molecule has 8 heteroatoms. The number of benzene rings is 3. The Hall–Kier alpha value is -2.94. The van der Waals surface area contributed by atoms with Crippen LogP contribution in [0.2, 0.25) is 5.02 Å². The fourth-order valence-corrected chi connectivity index (χ4v) is 4.31. The lowest BCUT2D eigenvalue weighted by atomic mass is 10.1. The van der Waals surface area contributed by atoms with Gasteiger partial charge in [0, 0.05) is 49.3 Å². The van der Waals surface area contributed by atoms with E-state index in [4.69, 9.17) is 30.5 Å². The van der Waals surface area contributed by atoms with Gasteiger partial charge in [0.1, 0.15) is 11.6 Å². The molecule has 1 N–H and O–H groups in total. The average Bonchev–Trinajstić information content (AvgIpc) is 3.34. The molecule has 0 spiro atoms. The van der Waals surface area contributed by atoms with Gasteiger partial charge in [-0.05, 0) is 53.6 Å². The molecule has 0 amide bonds. The monoisotopic (exact) mass is 554 g/mol. The van der Waals surface area contributed by atoms with E-state index in [-0.39, 0.29) is 5.82 Å². The maximum atomic E-state index is 14.4. The van der Waals surface area contributed by atoms with Gasteiger partial charge in [0.15, 0.2) is 0 Å². The maximum absolute atomic E-state index is 14.4. The van der Waals surface area contributed by atoms with E-state index in [0.717, 1.165) is 34.2 Å². The third-order valence-electron chi connectivity index (χ3n) is 6.13. The molecule has 0 bridgehead atoms. The van der Waals surface area contributed by atoms with Crippen LogP contribution in [0, 0.1) is 5.82 Å². The van der Waals surface area contributed by atoms with Gasteiger partial charge in [-0.3, -0.25) is 0 Å². The van der Waals surface area contributed by atoms with E-state index in [0.29, 0.717) is 70.9 Å². The number of hydrogen-bond donors (Lipinski definition) is 1. The minimum absolute atomic E-state index is 0.242. The predicted octanol–water partition coefficient (Wildman–Crippen LogP) is 6.09. The fraction of sp³-hybridized carbons (Fsp3) is 0.355. The molecule has 0 saturated heterocycles. The predicted molar refractivity (Wildman–Crippen MR) is 153 cm³/mol. The number of nitrogens with one attached hydrogen (secondary N) is 1. The van der Waals surface area contributed by atoms with Gasteiger partial charge in [0.05, 0.1) is 45.2 Å². The van der Waals surface area contributed by atoms with E-state index in [1.54, 1.807) is 12.1 Å². The Kier molecular flexibility index (Phi) is 12.1. The van der Waals surface area contributed by atoms with Crippen LogP contribution in [0.4, 0.5) is 4.39 Å². The number of aromatic nitrogens is 1. The molecular formula is C31H36ClFN2O4. The van der Waals surface area contributed by atoms with Crippen LogP contribution in [0.25, 0.3) is 10.9 Å². The molecule has 0 aliphatic carbocycles. The molecule has 0 atom stereocenters. The lowest BCUT2D eigenvalue weighted by Crippen LogP contribution is -2.20. The molecule has 208 valence electrons. The zero-order valence-corrected chi connectivity index (χ0v) is 22.9. The summed E-state index contributed by atoms with van der Waals surface area (Å²) in [4.78, 5) is 0. The first-order valence-electron chi connectivity index (χ1n) is 13.3. The molecule has 0 aliphatic heterocycles. The number of rotatable bonds is 18. The third kappa shape index (κ3) is 9.95. The van der Waals surface area contributed by atoms with Crippen LogP contribution >= 0.6 is 11.6 Å². The molecule has 0 fully saturated rings. The summed E-state index contributed by atoms with van der Waals surface area (Å²) < 4.78 is 38.8. The maximum Gasteiger partial charge on any atom is 0.125 e. The van der Waals surface area contributed by atoms with Crippen molar-refractivity contribution in [2.75, 3.05) is 52.8 Å². The number of halogens is 2. The van der Waals surface area contributed by atoms with Gasteiger partial charge in [0.2, 0.25) is 0 Å². The van der Waals surface area contributed by atoms with Crippen molar-refractivity contribution in [1.82, 2.24) is 9.88 Å². The lowest BCUT2D eigenvalue weighted by molar-refractivity contribution is 0.0133. The topological polar surface area (TPSA) is 53.9 Å². The van der Waals surface area contributed by atoms with Crippen molar-refractivity contribution in [2.45, 2.75) is 19.5 Å². The van der Waals surface area contributed by atoms with Crippen molar-refractivity contribution in [2.24, 2.45) is 0 Å². The van der Waals surface area contributed by atoms with Gasteiger partial charge in [-0.25, -0.2) is 4.39 Å². The van der Waals surface area contributed by atoms with Crippen molar-refractivity contribution >= 4 is 22.5 Å². The van der Waals surface area contributed by atoms with Crippen LogP contribution in [0.15, 0.2) is 79.0 Å². The SMILES string of the molecule is Fc1cc(CNCCOCCOCCOCCCOc2ccccc2)c2ccn(Cc3ccc(Cl)cc3)c2c1. The van der Waals surface area contributed by atoms with Crippen molar-refractivity contribution in [1.29, 1.82) is 0 Å². The van der Waals surface area contributed by atoms with E-state index in [9.17, 15) is 4.39 Å². The molecule has 6 nitrogen and oxygen atoms in total. The summed E-state index contributed by atoms with van der Waals surface area (Å²) in [6, 6.07) is 22.7. The van der Waals surface area contributed by atoms with Crippen molar-refractivity contribution < 1.29 is 23.3 Å². The van der Waals surface area contributed by atoms with Crippen molar-refractivity contribution in [3.63, 3.8) is 0 Å². The molecule has 4 aromatic rings. The van der Waals surface area contributed by atoms with Gasteiger partial charge in [-0.1, -0.05) is 41.9 Å². The largest absolute Gasteiger partial charge is 0.494 e. The lowest BCUT2D eigenvalue weighted by Gasteiger charge is -2.10. The highest BCUT2D eigenvalue weighted by atomic mass is 35.5. The summed E-state index contributed by atoms with van der Waals surface area (Å²) in [5.41, 5.74) is 2.91. The molecule has 4 rings (SSSR count). The summed E-state index contributed by atoms with van der Waals surface area (Å²) in [7, 11) is 0. The molecule has 0 unspecified atom stereocenters. The van der Waals surface area contributed by atoms with E-state index in [2.05, 4.69) is 9.88 Å². The molecule has 0 aliphatic rings. The van der Waals surface area contributed by atoms with E-state index < -0.39 is 0 Å². The van der Waals surface area contributed by atoms with Crippen LogP contribution in [0.3, 0.4) is 0 Å². The Labute approximate surface area is 234 Å². The summed E-state index contributed by atoms with van der Waals surface area (Å²) in [6.07, 6.45) is 2.83. The van der Waals surface area contributed by atoms with E-state index in [1.807, 2.05) is 66.9 Å². The van der Waals surface area contributed by atoms with Crippen LogP contribution in [0.5, 0.6) is 5.75 Å². The average molecular weight is 555 g/mol. The minimum Gasteiger partial charge on any atom is -0.494 e. The smallest absolute Gasteiger partial charge is 0.125 e. The highest BCUT2D eigenvalue weighted by Crippen LogP contribution is 2.23. The number of nitrogens with zero attached hydrogens (tertiary/aromatic N) is 1. The van der Waals surface area contributed by atoms with Gasteiger partial charge < -0.3 is 28.8 Å². The van der Waals surface area contributed by atoms with Gasteiger partial charge in [-0.15, -0.1) is 0 Å². The minimum atomic E-state index is -0.242. The Balaban J connectivity index is 1.03. The summed E-state index contributed by atoms with van der Waals surface area (Å²) in [5.74, 6) is 0.636. The Bertz CT molecular complexity index is 1250. The summed E-state index contributed by atoms with van der Waals surface area (Å²) >= 11 is 5.99. The first kappa shape index (κ1) is 29.1. The van der Waals surface area contributed by atoms with Crippen molar-refractivity contribution in [3.8, 4) is 5.75 Å². The second-order valence-corrected chi connectivity index (χ2v) is 9.53. The van der Waals surface area contributed by atoms with Crippen LogP contribution in [-0.2, 0) is 27.3 Å². The Morgan fingerprint density at radius 3 is 2.26 bits per heavy atom. The molecule has 0 radical (unpaired) electrons. The van der Waals surface area contributed by atoms with Gasteiger partial charge in [0.25, 0.3) is 0 Å². The van der Waals surface area contributed by atoms with Gasteiger partial charge >= 0.3 is 0 Å². The second-order valence-electron chi connectivity index (χ2n) is 9.10. The third-order valence-corrected chi connectivity index (χ3v) is 6.38. The van der Waals surface area contributed by atoms with Crippen LogP contribution in [-0.4, -0.2) is 57.4 Å². The molecule has 39 heavy (non-hydrogen) atoms. The van der Waals surface area contributed by atoms with E-state index >= 15 is 0 Å². The van der Waals surface area contributed by atoms with E-state index in [1.165, 1.54) is 0 Å². The first-order chi connectivity index (χ1) is 19.2.